The van der Waals surface area contributed by atoms with Gasteiger partial charge in [-0.25, -0.2) is 4.98 Å². The van der Waals surface area contributed by atoms with Crippen LogP contribution in [0.4, 0.5) is 0 Å². The highest BCUT2D eigenvalue weighted by atomic mass is 35.5. The van der Waals surface area contributed by atoms with E-state index in [-0.39, 0.29) is 11.4 Å². The fraction of sp³-hybridized carbons (Fsp3) is 0.444. The summed E-state index contributed by atoms with van der Waals surface area (Å²) in [6, 6.07) is 8.09. The SMILES string of the molecule is O=C(c1cscn1)N1CC[C@]2(CCCN2Cc2cccc(Cl)c2)C1. The maximum absolute atomic E-state index is 12.6. The van der Waals surface area contributed by atoms with Crippen molar-refractivity contribution >= 4 is 28.8 Å². The molecule has 2 aromatic rings. The molecule has 3 heterocycles. The smallest absolute Gasteiger partial charge is 0.273 e. The van der Waals surface area contributed by atoms with Crippen LogP contribution in [0, 0.1) is 0 Å². The van der Waals surface area contributed by atoms with Gasteiger partial charge < -0.3 is 4.90 Å². The quantitative estimate of drug-likeness (QED) is 0.836. The van der Waals surface area contributed by atoms with Crippen molar-refractivity contribution in [1.82, 2.24) is 14.8 Å². The highest BCUT2D eigenvalue weighted by molar-refractivity contribution is 7.07. The van der Waals surface area contributed by atoms with Gasteiger partial charge in [0.1, 0.15) is 5.69 Å². The van der Waals surface area contributed by atoms with Crippen molar-refractivity contribution in [3.63, 3.8) is 0 Å². The third kappa shape index (κ3) is 2.96. The number of likely N-dealkylation sites (tertiary alicyclic amines) is 2. The second-order valence-electron chi connectivity index (χ2n) is 6.73. The van der Waals surface area contributed by atoms with Crippen molar-refractivity contribution in [2.75, 3.05) is 19.6 Å². The summed E-state index contributed by atoms with van der Waals surface area (Å²) in [5, 5.41) is 2.62. The van der Waals surface area contributed by atoms with Gasteiger partial charge in [-0.2, -0.15) is 0 Å². The first-order valence-electron chi connectivity index (χ1n) is 8.33. The fourth-order valence-corrected chi connectivity index (χ4v) is 4.81. The number of carbonyl (C=O) groups is 1. The molecule has 2 aliphatic heterocycles. The number of halogens is 1. The second-order valence-corrected chi connectivity index (χ2v) is 7.88. The van der Waals surface area contributed by atoms with Crippen molar-refractivity contribution in [2.24, 2.45) is 0 Å². The molecule has 1 aromatic heterocycles. The van der Waals surface area contributed by atoms with Crippen molar-refractivity contribution in [3.05, 3.63) is 51.4 Å². The molecule has 6 heteroatoms. The Morgan fingerprint density at radius 1 is 1.33 bits per heavy atom. The Bertz CT molecular complexity index is 736. The highest BCUT2D eigenvalue weighted by Gasteiger charge is 2.47. The minimum atomic E-state index is 0.0720. The molecule has 0 radical (unpaired) electrons. The molecule has 0 N–H and O–H groups in total. The van der Waals surface area contributed by atoms with Crippen LogP contribution < -0.4 is 0 Å². The van der Waals surface area contributed by atoms with Crippen LogP contribution in [0.2, 0.25) is 5.02 Å². The Kier molecular flexibility index (Phi) is 4.33. The molecular formula is C18H20ClN3OS. The van der Waals surface area contributed by atoms with Crippen LogP contribution in [0.15, 0.2) is 35.2 Å². The maximum atomic E-state index is 12.6. The van der Waals surface area contributed by atoms with Crippen molar-refractivity contribution in [2.45, 2.75) is 31.3 Å². The number of benzene rings is 1. The zero-order chi connectivity index (χ0) is 16.6. The molecule has 2 saturated heterocycles. The van der Waals surface area contributed by atoms with E-state index in [4.69, 9.17) is 11.6 Å². The molecule has 1 aromatic carbocycles. The third-order valence-corrected chi connectivity index (χ3v) is 6.10. The predicted molar refractivity (Wildman–Crippen MR) is 96.5 cm³/mol. The first-order chi connectivity index (χ1) is 11.7. The van der Waals surface area contributed by atoms with Crippen LogP contribution in [0.5, 0.6) is 0 Å². The number of aromatic nitrogens is 1. The van der Waals surface area contributed by atoms with Gasteiger partial charge in [0.15, 0.2) is 0 Å². The summed E-state index contributed by atoms with van der Waals surface area (Å²) in [6.45, 7) is 3.62. The average molecular weight is 362 g/mol. The predicted octanol–water partition coefficient (Wildman–Crippen LogP) is 3.68. The van der Waals surface area contributed by atoms with E-state index in [1.807, 2.05) is 28.5 Å². The minimum absolute atomic E-state index is 0.0720. The molecule has 126 valence electrons. The van der Waals surface area contributed by atoms with Crippen LogP contribution in [0.1, 0.15) is 35.3 Å². The molecular weight excluding hydrogens is 342 g/mol. The molecule has 0 bridgehead atoms. The van der Waals surface area contributed by atoms with Crippen LogP contribution in [-0.2, 0) is 6.54 Å². The lowest BCUT2D eigenvalue weighted by molar-refractivity contribution is 0.0737. The summed E-state index contributed by atoms with van der Waals surface area (Å²) < 4.78 is 0. The lowest BCUT2D eigenvalue weighted by Crippen LogP contribution is -2.46. The van der Waals surface area contributed by atoms with Crippen molar-refractivity contribution in [1.29, 1.82) is 0 Å². The van der Waals surface area contributed by atoms with Gasteiger partial charge in [0.2, 0.25) is 0 Å². The molecule has 0 unspecified atom stereocenters. The first-order valence-corrected chi connectivity index (χ1v) is 9.65. The minimum Gasteiger partial charge on any atom is -0.335 e. The van der Waals surface area contributed by atoms with Gasteiger partial charge in [-0.15, -0.1) is 11.3 Å². The highest BCUT2D eigenvalue weighted by Crippen LogP contribution is 2.39. The number of thiazole rings is 1. The summed E-state index contributed by atoms with van der Waals surface area (Å²) in [6.07, 6.45) is 3.40. The van der Waals surface area contributed by atoms with E-state index in [0.717, 1.165) is 44.0 Å². The molecule has 1 atom stereocenters. The van der Waals surface area contributed by atoms with E-state index in [9.17, 15) is 4.79 Å². The topological polar surface area (TPSA) is 36.4 Å². The van der Waals surface area contributed by atoms with E-state index < -0.39 is 0 Å². The van der Waals surface area contributed by atoms with Crippen LogP contribution >= 0.6 is 22.9 Å². The Labute approximate surface area is 151 Å². The average Bonchev–Trinajstić information content (AvgIpc) is 3.31. The van der Waals surface area contributed by atoms with Gasteiger partial charge in [0, 0.05) is 35.6 Å². The summed E-state index contributed by atoms with van der Waals surface area (Å²) in [5.41, 5.74) is 3.66. The van der Waals surface area contributed by atoms with E-state index in [2.05, 4.69) is 16.0 Å². The fourth-order valence-electron chi connectivity index (χ4n) is 4.07. The molecule has 2 aliphatic rings. The number of amides is 1. The standard InChI is InChI=1S/C18H20ClN3OS/c19-15-4-1-3-14(9-15)10-22-7-2-5-18(22)6-8-21(12-18)17(23)16-11-24-13-20-16/h1,3-4,9,11,13H,2,5-8,10,12H2/t18-/m1/s1. The van der Waals surface area contributed by atoms with Crippen molar-refractivity contribution < 1.29 is 4.79 Å². The van der Waals surface area contributed by atoms with Crippen molar-refractivity contribution in [3.8, 4) is 0 Å². The summed E-state index contributed by atoms with van der Waals surface area (Å²) >= 11 is 7.60. The van der Waals surface area contributed by atoms with Gasteiger partial charge in [-0.1, -0.05) is 23.7 Å². The van der Waals surface area contributed by atoms with E-state index in [0.29, 0.717) is 5.69 Å². The number of hydrogen-bond donors (Lipinski definition) is 0. The lowest BCUT2D eigenvalue weighted by atomic mass is 9.94. The summed E-state index contributed by atoms with van der Waals surface area (Å²) in [5.74, 6) is 0.0720. The third-order valence-electron chi connectivity index (χ3n) is 5.27. The van der Waals surface area contributed by atoms with Gasteiger partial charge in [-0.05, 0) is 43.5 Å². The normalized spacial score (nSPS) is 24.1. The Morgan fingerprint density at radius 3 is 3.04 bits per heavy atom. The summed E-state index contributed by atoms with van der Waals surface area (Å²) in [4.78, 5) is 21.3. The van der Waals surface area contributed by atoms with E-state index in [1.165, 1.54) is 23.3 Å². The van der Waals surface area contributed by atoms with Crippen LogP contribution in [0.25, 0.3) is 0 Å². The van der Waals surface area contributed by atoms with Gasteiger partial charge in [0.05, 0.1) is 5.51 Å². The number of carbonyl (C=O) groups excluding carboxylic acids is 1. The van der Waals surface area contributed by atoms with E-state index in [1.54, 1.807) is 5.51 Å². The molecule has 4 nitrogen and oxygen atoms in total. The Hall–Kier alpha value is -1.43. The Balaban J connectivity index is 1.49. The largest absolute Gasteiger partial charge is 0.335 e. The van der Waals surface area contributed by atoms with Gasteiger partial charge >= 0.3 is 0 Å². The Morgan fingerprint density at radius 2 is 2.25 bits per heavy atom. The molecule has 4 rings (SSSR count). The van der Waals surface area contributed by atoms with Gasteiger partial charge in [0.25, 0.3) is 5.91 Å². The first kappa shape index (κ1) is 16.1. The number of rotatable bonds is 3. The molecule has 1 spiro atoms. The molecule has 0 aliphatic carbocycles. The molecule has 2 fully saturated rings. The lowest BCUT2D eigenvalue weighted by Gasteiger charge is -2.35. The molecule has 24 heavy (non-hydrogen) atoms. The molecule has 1 amide bonds. The zero-order valence-electron chi connectivity index (χ0n) is 13.4. The summed E-state index contributed by atoms with van der Waals surface area (Å²) in [7, 11) is 0. The van der Waals surface area contributed by atoms with E-state index >= 15 is 0 Å². The second kappa shape index (κ2) is 6.47. The maximum Gasteiger partial charge on any atom is 0.273 e. The van der Waals surface area contributed by atoms with Crippen LogP contribution in [0.3, 0.4) is 0 Å². The van der Waals surface area contributed by atoms with Gasteiger partial charge in [-0.3, -0.25) is 9.69 Å². The zero-order valence-corrected chi connectivity index (χ0v) is 15.0. The molecule has 0 saturated carbocycles. The monoisotopic (exact) mass is 361 g/mol. The number of nitrogens with zero attached hydrogens (tertiary/aromatic N) is 3. The van der Waals surface area contributed by atoms with Crippen LogP contribution in [-0.4, -0.2) is 45.9 Å². The number of hydrogen-bond acceptors (Lipinski definition) is 4.